The molecular formula is C6H9NO5. The van der Waals surface area contributed by atoms with Crippen LogP contribution in [-0.4, -0.2) is 22.3 Å². The molecule has 1 aliphatic carbocycles. The molecule has 0 aromatic heterocycles. The Kier molecular flexibility index (Phi) is 2.47. The third-order valence-electron chi connectivity index (χ3n) is 1.97. The maximum atomic E-state index is 10.4. The van der Waals surface area contributed by atoms with E-state index in [1.807, 2.05) is 0 Å². The summed E-state index contributed by atoms with van der Waals surface area (Å²) in [5, 5.41) is 17.5. The average Bonchev–Trinajstić information content (AvgIpc) is 2.34. The van der Waals surface area contributed by atoms with E-state index in [0.717, 1.165) is 0 Å². The number of rotatable bonds is 3. The SMILES string of the molecule is O=C(O)[C@@H]1CC[C@H](O[N+](=O)[O-])C1. The van der Waals surface area contributed by atoms with Crippen molar-refractivity contribution in [2.45, 2.75) is 25.4 Å². The van der Waals surface area contributed by atoms with Gasteiger partial charge in [0.1, 0.15) is 6.10 Å². The lowest BCUT2D eigenvalue weighted by molar-refractivity contribution is -0.768. The molecule has 1 aliphatic rings. The van der Waals surface area contributed by atoms with E-state index in [1.165, 1.54) is 0 Å². The monoisotopic (exact) mass is 175 g/mol. The van der Waals surface area contributed by atoms with E-state index in [-0.39, 0.29) is 6.42 Å². The molecule has 1 N–H and O–H groups in total. The Morgan fingerprint density at radius 2 is 2.25 bits per heavy atom. The quantitative estimate of drug-likeness (QED) is 0.496. The summed E-state index contributed by atoms with van der Waals surface area (Å²) in [7, 11) is 0. The van der Waals surface area contributed by atoms with Crippen molar-refractivity contribution in [2.24, 2.45) is 5.92 Å². The first-order valence-electron chi connectivity index (χ1n) is 3.63. The van der Waals surface area contributed by atoms with Gasteiger partial charge in [-0.2, -0.15) is 0 Å². The summed E-state index contributed by atoms with van der Waals surface area (Å²) in [5.41, 5.74) is 0. The van der Waals surface area contributed by atoms with Crippen LogP contribution in [0.5, 0.6) is 0 Å². The van der Waals surface area contributed by atoms with Crippen molar-refractivity contribution in [2.75, 3.05) is 0 Å². The molecule has 0 bridgehead atoms. The number of nitrogens with zero attached hydrogens (tertiary/aromatic N) is 1. The zero-order chi connectivity index (χ0) is 9.14. The summed E-state index contributed by atoms with van der Waals surface area (Å²) < 4.78 is 0. The first-order valence-corrected chi connectivity index (χ1v) is 3.63. The van der Waals surface area contributed by atoms with Crippen molar-refractivity contribution in [1.29, 1.82) is 0 Å². The molecule has 1 rings (SSSR count). The number of hydrogen-bond donors (Lipinski definition) is 1. The van der Waals surface area contributed by atoms with E-state index >= 15 is 0 Å². The minimum atomic E-state index is -0.899. The summed E-state index contributed by atoms with van der Waals surface area (Å²) in [5.74, 6) is -1.38. The molecule has 0 spiro atoms. The van der Waals surface area contributed by atoms with Crippen molar-refractivity contribution >= 4 is 5.97 Å². The number of carbonyl (C=O) groups is 1. The molecule has 1 fully saturated rings. The fraction of sp³-hybridized carbons (Fsp3) is 0.833. The van der Waals surface area contributed by atoms with Crippen LogP contribution in [0.3, 0.4) is 0 Å². The normalized spacial score (nSPS) is 28.3. The zero-order valence-corrected chi connectivity index (χ0v) is 6.30. The van der Waals surface area contributed by atoms with Gasteiger partial charge in [0, 0.05) is 0 Å². The molecular weight excluding hydrogens is 166 g/mol. The van der Waals surface area contributed by atoms with Crippen LogP contribution in [0.2, 0.25) is 0 Å². The average molecular weight is 175 g/mol. The van der Waals surface area contributed by atoms with E-state index in [1.54, 1.807) is 0 Å². The predicted octanol–water partition coefficient (Wildman–Crippen LogP) is 0.448. The highest BCUT2D eigenvalue weighted by Gasteiger charge is 2.31. The van der Waals surface area contributed by atoms with Gasteiger partial charge in [-0.15, -0.1) is 10.1 Å². The van der Waals surface area contributed by atoms with Gasteiger partial charge >= 0.3 is 5.97 Å². The van der Waals surface area contributed by atoms with Crippen LogP contribution in [-0.2, 0) is 9.63 Å². The lowest BCUT2D eigenvalue weighted by Crippen LogP contribution is -2.16. The van der Waals surface area contributed by atoms with Gasteiger partial charge in [0.2, 0.25) is 0 Å². The van der Waals surface area contributed by atoms with Gasteiger partial charge < -0.3 is 9.94 Å². The summed E-state index contributed by atoms with van der Waals surface area (Å²) >= 11 is 0. The molecule has 0 heterocycles. The molecule has 68 valence electrons. The first kappa shape index (κ1) is 8.76. The van der Waals surface area contributed by atoms with Crippen LogP contribution in [0.15, 0.2) is 0 Å². The van der Waals surface area contributed by atoms with Crippen LogP contribution >= 0.6 is 0 Å². The number of carboxylic acids is 1. The van der Waals surface area contributed by atoms with E-state index in [9.17, 15) is 14.9 Å². The number of carboxylic acid groups (broad SMARTS) is 1. The van der Waals surface area contributed by atoms with Gasteiger partial charge in [-0.25, -0.2) is 0 Å². The van der Waals surface area contributed by atoms with Crippen LogP contribution in [0, 0.1) is 16.0 Å². The second kappa shape index (κ2) is 3.38. The molecule has 0 saturated heterocycles. The van der Waals surface area contributed by atoms with Crippen molar-refractivity contribution in [3.63, 3.8) is 0 Å². The molecule has 0 unspecified atom stereocenters. The van der Waals surface area contributed by atoms with Crippen LogP contribution in [0.25, 0.3) is 0 Å². The van der Waals surface area contributed by atoms with Crippen molar-refractivity contribution in [3.8, 4) is 0 Å². The molecule has 6 nitrogen and oxygen atoms in total. The Labute approximate surface area is 68.2 Å². The molecule has 6 heteroatoms. The third-order valence-corrected chi connectivity index (χ3v) is 1.97. The van der Waals surface area contributed by atoms with E-state index in [2.05, 4.69) is 4.84 Å². The van der Waals surface area contributed by atoms with Crippen LogP contribution in [0.1, 0.15) is 19.3 Å². The largest absolute Gasteiger partial charge is 0.481 e. The van der Waals surface area contributed by atoms with Gasteiger partial charge in [-0.1, -0.05) is 0 Å². The second-order valence-corrected chi connectivity index (χ2v) is 2.80. The number of hydrogen-bond acceptors (Lipinski definition) is 4. The molecule has 0 amide bonds. The third kappa shape index (κ3) is 2.08. The lowest BCUT2D eigenvalue weighted by Gasteiger charge is -2.05. The maximum Gasteiger partial charge on any atom is 0.306 e. The Balaban J connectivity index is 2.35. The van der Waals surface area contributed by atoms with Crippen LogP contribution in [0.4, 0.5) is 0 Å². The predicted molar refractivity (Wildman–Crippen MR) is 36.8 cm³/mol. The Morgan fingerprint density at radius 3 is 2.67 bits per heavy atom. The van der Waals surface area contributed by atoms with Crippen molar-refractivity contribution < 1.29 is 19.8 Å². The van der Waals surface area contributed by atoms with Crippen molar-refractivity contribution in [3.05, 3.63) is 10.1 Å². The summed E-state index contributed by atoms with van der Waals surface area (Å²) in [6.07, 6.45) is 0.642. The Hall–Kier alpha value is -1.33. The van der Waals surface area contributed by atoms with Gasteiger partial charge in [0.25, 0.3) is 5.09 Å². The molecule has 0 radical (unpaired) electrons. The van der Waals surface area contributed by atoms with Crippen molar-refractivity contribution in [1.82, 2.24) is 0 Å². The first-order chi connectivity index (χ1) is 5.59. The van der Waals surface area contributed by atoms with Crippen LogP contribution < -0.4 is 0 Å². The van der Waals surface area contributed by atoms with E-state index in [4.69, 9.17) is 5.11 Å². The summed E-state index contributed by atoms with van der Waals surface area (Å²) in [4.78, 5) is 24.5. The van der Waals surface area contributed by atoms with E-state index < -0.39 is 23.1 Å². The minimum absolute atomic E-state index is 0.246. The minimum Gasteiger partial charge on any atom is -0.481 e. The molecule has 0 aromatic rings. The highest BCUT2D eigenvalue weighted by Crippen LogP contribution is 2.27. The smallest absolute Gasteiger partial charge is 0.306 e. The van der Waals surface area contributed by atoms with Gasteiger partial charge in [0.05, 0.1) is 5.92 Å². The van der Waals surface area contributed by atoms with Gasteiger partial charge in [0.15, 0.2) is 0 Å². The maximum absolute atomic E-state index is 10.4. The molecule has 12 heavy (non-hydrogen) atoms. The fourth-order valence-electron chi connectivity index (χ4n) is 1.38. The summed E-state index contributed by atoms with van der Waals surface area (Å²) in [6, 6.07) is 0. The Morgan fingerprint density at radius 1 is 1.58 bits per heavy atom. The standard InChI is InChI=1S/C6H9NO5/c8-6(9)4-1-2-5(3-4)12-7(10)11/h4-5H,1-3H2,(H,8,9)/t4-,5+/m1/s1. The highest BCUT2D eigenvalue weighted by atomic mass is 17.0. The lowest BCUT2D eigenvalue weighted by atomic mass is 10.1. The second-order valence-electron chi connectivity index (χ2n) is 2.80. The molecule has 0 aliphatic heterocycles. The fourth-order valence-corrected chi connectivity index (χ4v) is 1.38. The highest BCUT2D eigenvalue weighted by molar-refractivity contribution is 5.70. The molecule has 2 atom stereocenters. The number of aliphatic carboxylic acids is 1. The van der Waals surface area contributed by atoms with Gasteiger partial charge in [-0.05, 0) is 19.3 Å². The Bertz CT molecular complexity index is 204. The molecule has 1 saturated carbocycles. The topological polar surface area (TPSA) is 89.7 Å². The zero-order valence-electron chi connectivity index (χ0n) is 6.30. The van der Waals surface area contributed by atoms with Gasteiger partial charge in [-0.3, -0.25) is 4.79 Å². The van der Waals surface area contributed by atoms with E-state index in [0.29, 0.717) is 12.8 Å². The summed E-state index contributed by atoms with van der Waals surface area (Å²) in [6.45, 7) is 0. The molecule has 0 aromatic carbocycles.